The zero-order chi connectivity index (χ0) is 13.9. The maximum absolute atomic E-state index is 10.8. The lowest BCUT2D eigenvalue weighted by Gasteiger charge is -2.08. The van der Waals surface area contributed by atoms with Crippen LogP contribution in [0.15, 0.2) is 16.6 Å². The van der Waals surface area contributed by atoms with Crippen molar-refractivity contribution in [3.63, 3.8) is 0 Å². The second-order valence-electron chi connectivity index (χ2n) is 3.21. The van der Waals surface area contributed by atoms with Crippen molar-refractivity contribution >= 4 is 43.2 Å². The van der Waals surface area contributed by atoms with Gasteiger partial charge in [-0.1, -0.05) is 11.6 Å². The van der Waals surface area contributed by atoms with Crippen molar-refractivity contribution in [1.82, 2.24) is 0 Å². The quantitative estimate of drug-likeness (QED) is 0.635. The van der Waals surface area contributed by atoms with E-state index in [0.717, 1.165) is 6.07 Å². The number of nitrogens with zero attached hydrogens (tertiary/aromatic N) is 1. The molecule has 0 aliphatic carbocycles. The number of hydrogen-bond acceptors (Lipinski definition) is 5. The minimum atomic E-state index is -3.68. The molecule has 0 atom stereocenters. The molecule has 2 N–H and O–H groups in total. The predicted octanol–water partition coefficient (Wildman–Crippen LogP) is 1.68. The number of nitro groups is 1. The fourth-order valence-electron chi connectivity index (χ4n) is 1.09. The third-order valence-corrected chi connectivity index (χ3v) is 3.34. The summed E-state index contributed by atoms with van der Waals surface area (Å²) in [4.78, 5) is 10.1. The first-order valence-corrected chi connectivity index (χ1v) is 7.36. The Kier molecular flexibility index (Phi) is 4.91. The van der Waals surface area contributed by atoms with Crippen molar-refractivity contribution in [3.8, 4) is 5.75 Å². The van der Waals surface area contributed by atoms with Gasteiger partial charge in [-0.15, -0.1) is 0 Å². The van der Waals surface area contributed by atoms with Crippen LogP contribution in [0.4, 0.5) is 5.69 Å². The Hall–Kier alpha value is -0.900. The molecule has 1 rings (SSSR count). The Morgan fingerprint density at radius 3 is 2.61 bits per heavy atom. The largest absolute Gasteiger partial charge is 0.485 e. The van der Waals surface area contributed by atoms with Crippen molar-refractivity contribution in [2.75, 3.05) is 12.4 Å². The highest BCUT2D eigenvalue weighted by Crippen LogP contribution is 2.37. The van der Waals surface area contributed by atoms with Gasteiger partial charge in [-0.05, 0) is 22.0 Å². The first-order valence-electron chi connectivity index (χ1n) is 4.47. The summed E-state index contributed by atoms with van der Waals surface area (Å²) in [6.07, 6.45) is 0. The Labute approximate surface area is 116 Å². The molecule has 0 saturated carbocycles. The van der Waals surface area contributed by atoms with Gasteiger partial charge in [0.25, 0.3) is 0 Å². The summed E-state index contributed by atoms with van der Waals surface area (Å²) in [6.45, 7) is -0.292. The van der Waals surface area contributed by atoms with Crippen LogP contribution >= 0.6 is 27.5 Å². The van der Waals surface area contributed by atoms with Crippen molar-refractivity contribution < 1.29 is 18.1 Å². The van der Waals surface area contributed by atoms with Crippen LogP contribution in [-0.4, -0.2) is 25.7 Å². The van der Waals surface area contributed by atoms with E-state index in [0.29, 0.717) is 0 Å². The Morgan fingerprint density at radius 1 is 1.50 bits per heavy atom. The molecule has 100 valence electrons. The van der Waals surface area contributed by atoms with Crippen LogP contribution in [0.1, 0.15) is 0 Å². The van der Waals surface area contributed by atoms with Crippen molar-refractivity contribution in [3.05, 3.63) is 31.7 Å². The molecular weight excluding hydrogens is 352 g/mol. The minimum absolute atomic E-state index is 0.0898. The van der Waals surface area contributed by atoms with Crippen LogP contribution in [0.5, 0.6) is 5.75 Å². The summed E-state index contributed by atoms with van der Waals surface area (Å²) in [6, 6.07) is 2.51. The van der Waals surface area contributed by atoms with Crippen LogP contribution in [0.3, 0.4) is 0 Å². The predicted molar refractivity (Wildman–Crippen MR) is 69.3 cm³/mol. The summed E-state index contributed by atoms with van der Waals surface area (Å²) in [5, 5.41) is 15.7. The molecule has 0 unspecified atom stereocenters. The van der Waals surface area contributed by atoms with E-state index in [1.165, 1.54) is 6.07 Å². The number of nitrogens with two attached hydrogens (primary N) is 1. The molecule has 0 fully saturated rings. The van der Waals surface area contributed by atoms with Gasteiger partial charge in [0, 0.05) is 11.1 Å². The second kappa shape index (κ2) is 5.83. The zero-order valence-corrected chi connectivity index (χ0v) is 12.0. The van der Waals surface area contributed by atoms with Crippen LogP contribution in [-0.2, 0) is 10.0 Å². The van der Waals surface area contributed by atoms with Crippen molar-refractivity contribution in [1.29, 1.82) is 0 Å². The van der Waals surface area contributed by atoms with Gasteiger partial charge in [0.15, 0.2) is 0 Å². The molecule has 0 radical (unpaired) electrons. The van der Waals surface area contributed by atoms with Crippen molar-refractivity contribution in [2.24, 2.45) is 5.14 Å². The molecular formula is C8H8BrClN2O5S. The third kappa shape index (κ3) is 4.41. The van der Waals surface area contributed by atoms with E-state index in [-0.39, 0.29) is 27.5 Å². The topological polar surface area (TPSA) is 113 Å². The van der Waals surface area contributed by atoms with Crippen molar-refractivity contribution in [2.45, 2.75) is 0 Å². The Balaban J connectivity index is 2.97. The maximum atomic E-state index is 10.8. The molecule has 0 bridgehead atoms. The smallest absolute Gasteiger partial charge is 0.313 e. The number of nitro benzene ring substituents is 1. The standard InChI is InChI=1S/C8H8BrClN2O5S/c9-6-3-5(10)4-7(12(13)14)8(6)17-1-2-18(11,15)16/h3-4H,1-2H2,(H2,11,15,16). The minimum Gasteiger partial charge on any atom is -0.485 e. The SMILES string of the molecule is NS(=O)(=O)CCOc1c(Br)cc(Cl)cc1[N+](=O)[O-]. The number of ether oxygens (including phenoxy) is 1. The van der Waals surface area contributed by atoms with Gasteiger partial charge in [0.1, 0.15) is 6.61 Å². The number of hydrogen-bond donors (Lipinski definition) is 1. The Bertz CT molecular complexity index is 577. The third-order valence-electron chi connectivity index (χ3n) is 1.80. The molecule has 0 aliphatic heterocycles. The molecule has 0 spiro atoms. The van der Waals surface area contributed by atoms with Crippen LogP contribution in [0.25, 0.3) is 0 Å². The summed E-state index contributed by atoms with van der Waals surface area (Å²) in [7, 11) is -3.68. The first-order chi connectivity index (χ1) is 8.20. The Morgan fingerprint density at radius 2 is 2.11 bits per heavy atom. The van der Waals surface area contributed by atoms with E-state index in [2.05, 4.69) is 15.9 Å². The molecule has 10 heteroatoms. The maximum Gasteiger partial charge on any atom is 0.313 e. The van der Waals surface area contributed by atoms with Gasteiger partial charge in [-0.2, -0.15) is 0 Å². The number of sulfonamides is 1. The van der Waals surface area contributed by atoms with Gasteiger partial charge in [-0.3, -0.25) is 10.1 Å². The van der Waals surface area contributed by atoms with E-state index in [1.807, 2.05) is 0 Å². The fraction of sp³-hybridized carbons (Fsp3) is 0.250. The summed E-state index contributed by atoms with van der Waals surface area (Å²) >= 11 is 8.72. The summed E-state index contributed by atoms with van der Waals surface area (Å²) in [5.41, 5.74) is -0.358. The summed E-state index contributed by atoms with van der Waals surface area (Å²) in [5.74, 6) is -0.535. The van der Waals surface area contributed by atoms with Crippen LogP contribution < -0.4 is 9.88 Å². The normalized spacial score (nSPS) is 11.3. The first kappa shape index (κ1) is 15.2. The molecule has 18 heavy (non-hydrogen) atoms. The zero-order valence-electron chi connectivity index (χ0n) is 8.80. The number of benzene rings is 1. The molecule has 0 aromatic heterocycles. The average Bonchev–Trinajstić information content (AvgIpc) is 2.18. The number of primary sulfonamides is 1. The highest BCUT2D eigenvalue weighted by molar-refractivity contribution is 9.10. The molecule has 1 aromatic carbocycles. The van der Waals surface area contributed by atoms with Crippen LogP contribution in [0, 0.1) is 10.1 Å². The fourth-order valence-corrected chi connectivity index (χ4v) is 2.31. The number of halogens is 2. The molecule has 0 saturated heterocycles. The molecule has 7 nitrogen and oxygen atoms in total. The lowest BCUT2D eigenvalue weighted by molar-refractivity contribution is -0.385. The van der Waals surface area contributed by atoms with E-state index in [1.54, 1.807) is 0 Å². The van der Waals surface area contributed by atoms with Gasteiger partial charge in [0.2, 0.25) is 15.8 Å². The molecule has 0 heterocycles. The number of rotatable bonds is 5. The van der Waals surface area contributed by atoms with Gasteiger partial charge in [-0.25, -0.2) is 13.6 Å². The summed E-state index contributed by atoms with van der Waals surface area (Å²) < 4.78 is 26.7. The van der Waals surface area contributed by atoms with Gasteiger partial charge < -0.3 is 4.74 Å². The monoisotopic (exact) mass is 358 g/mol. The lowest BCUT2D eigenvalue weighted by atomic mass is 10.3. The molecule has 0 amide bonds. The highest BCUT2D eigenvalue weighted by atomic mass is 79.9. The lowest BCUT2D eigenvalue weighted by Crippen LogP contribution is -2.21. The van der Waals surface area contributed by atoms with Crippen LogP contribution in [0.2, 0.25) is 5.02 Å². The highest BCUT2D eigenvalue weighted by Gasteiger charge is 2.20. The molecule has 0 aliphatic rings. The van der Waals surface area contributed by atoms with E-state index in [4.69, 9.17) is 21.5 Å². The molecule has 1 aromatic rings. The van der Waals surface area contributed by atoms with E-state index >= 15 is 0 Å². The van der Waals surface area contributed by atoms with Gasteiger partial charge in [0.05, 0.1) is 15.1 Å². The van der Waals surface area contributed by atoms with E-state index in [9.17, 15) is 18.5 Å². The second-order valence-corrected chi connectivity index (χ2v) is 6.23. The average molecular weight is 360 g/mol. The van der Waals surface area contributed by atoms with Gasteiger partial charge >= 0.3 is 5.69 Å². The van der Waals surface area contributed by atoms with E-state index < -0.39 is 20.7 Å².